The van der Waals surface area contributed by atoms with Gasteiger partial charge in [0.15, 0.2) is 0 Å². The molecule has 2 aromatic rings. The summed E-state index contributed by atoms with van der Waals surface area (Å²) in [5, 5.41) is 10.2. The second-order valence-electron chi connectivity index (χ2n) is 5.41. The molecule has 1 aliphatic rings. The van der Waals surface area contributed by atoms with Crippen molar-refractivity contribution in [1.82, 2.24) is 0 Å². The largest absolute Gasteiger partial charge is 0.444 e. The number of aliphatic hydroxyl groups excluding tert-OH is 1. The van der Waals surface area contributed by atoms with E-state index in [9.17, 15) is 9.90 Å². The molecule has 114 valence electrons. The van der Waals surface area contributed by atoms with Crippen LogP contribution in [0.4, 0.5) is 10.5 Å². The highest BCUT2D eigenvalue weighted by atomic mass is 16.6. The van der Waals surface area contributed by atoms with Gasteiger partial charge in [-0.25, -0.2) is 4.79 Å². The number of carbonyl (C=O) groups excluding carboxylic acids is 1. The SMILES string of the molecule is O=C(OCc1ccccc1)N1CCC[C@H](O)c2ccccc21. The van der Waals surface area contributed by atoms with Crippen molar-refractivity contribution in [3.63, 3.8) is 0 Å². The number of ether oxygens (including phenoxy) is 1. The molecule has 0 saturated heterocycles. The molecular formula is C18H19NO3. The van der Waals surface area contributed by atoms with Crippen LogP contribution in [0.5, 0.6) is 0 Å². The summed E-state index contributed by atoms with van der Waals surface area (Å²) >= 11 is 0. The van der Waals surface area contributed by atoms with Gasteiger partial charge in [0.25, 0.3) is 0 Å². The van der Waals surface area contributed by atoms with E-state index in [-0.39, 0.29) is 12.7 Å². The van der Waals surface area contributed by atoms with E-state index in [1.165, 1.54) is 0 Å². The molecule has 1 amide bonds. The molecule has 1 N–H and O–H groups in total. The molecular weight excluding hydrogens is 278 g/mol. The molecule has 1 atom stereocenters. The Morgan fingerprint density at radius 1 is 1.14 bits per heavy atom. The number of fused-ring (bicyclic) bond motifs is 1. The van der Waals surface area contributed by atoms with Crippen LogP contribution in [-0.4, -0.2) is 17.7 Å². The highest BCUT2D eigenvalue weighted by molar-refractivity contribution is 5.89. The van der Waals surface area contributed by atoms with Gasteiger partial charge in [-0.1, -0.05) is 48.5 Å². The third-order valence-corrected chi connectivity index (χ3v) is 3.87. The van der Waals surface area contributed by atoms with Gasteiger partial charge in [-0.15, -0.1) is 0 Å². The average molecular weight is 297 g/mol. The fourth-order valence-corrected chi connectivity index (χ4v) is 2.72. The van der Waals surface area contributed by atoms with Crippen molar-refractivity contribution < 1.29 is 14.6 Å². The zero-order valence-electron chi connectivity index (χ0n) is 12.3. The van der Waals surface area contributed by atoms with Crippen LogP contribution in [0.25, 0.3) is 0 Å². The number of amides is 1. The van der Waals surface area contributed by atoms with E-state index in [0.29, 0.717) is 13.0 Å². The fraction of sp³-hybridized carbons (Fsp3) is 0.278. The Labute approximate surface area is 130 Å². The van der Waals surface area contributed by atoms with E-state index in [2.05, 4.69) is 0 Å². The maximum Gasteiger partial charge on any atom is 0.414 e. The number of hydrogen-bond donors (Lipinski definition) is 1. The first-order valence-electron chi connectivity index (χ1n) is 7.51. The standard InChI is InChI=1S/C18H19NO3/c20-17-11-6-12-19(16-10-5-4-9-15(16)17)18(21)22-13-14-7-2-1-3-8-14/h1-5,7-10,17,20H,6,11-13H2/t17-/m0/s1. The summed E-state index contributed by atoms with van der Waals surface area (Å²) in [6.07, 6.45) is 0.504. The molecule has 0 radical (unpaired) electrons. The lowest BCUT2D eigenvalue weighted by atomic mass is 10.1. The van der Waals surface area contributed by atoms with Crippen LogP contribution in [0.3, 0.4) is 0 Å². The highest BCUT2D eigenvalue weighted by Crippen LogP contribution is 2.32. The number of nitrogens with zero attached hydrogens (tertiary/aromatic N) is 1. The van der Waals surface area contributed by atoms with E-state index in [0.717, 1.165) is 23.2 Å². The molecule has 4 heteroatoms. The smallest absolute Gasteiger partial charge is 0.414 e. The Morgan fingerprint density at radius 2 is 1.86 bits per heavy atom. The number of hydrogen-bond acceptors (Lipinski definition) is 3. The van der Waals surface area contributed by atoms with Crippen molar-refractivity contribution >= 4 is 11.8 Å². The first-order valence-corrected chi connectivity index (χ1v) is 7.51. The van der Waals surface area contributed by atoms with Gasteiger partial charge in [-0.3, -0.25) is 4.90 Å². The number of benzene rings is 2. The number of aliphatic hydroxyl groups is 1. The number of para-hydroxylation sites is 1. The summed E-state index contributed by atoms with van der Waals surface area (Å²) in [4.78, 5) is 14.0. The van der Waals surface area contributed by atoms with Gasteiger partial charge in [-0.2, -0.15) is 0 Å². The zero-order valence-corrected chi connectivity index (χ0v) is 12.3. The highest BCUT2D eigenvalue weighted by Gasteiger charge is 2.25. The van der Waals surface area contributed by atoms with E-state index in [1.807, 2.05) is 54.6 Å². The first kappa shape index (κ1) is 14.6. The molecule has 1 heterocycles. The van der Waals surface area contributed by atoms with Gasteiger partial charge in [0.05, 0.1) is 11.8 Å². The Morgan fingerprint density at radius 3 is 2.68 bits per heavy atom. The van der Waals surface area contributed by atoms with Gasteiger partial charge in [0.1, 0.15) is 6.61 Å². The van der Waals surface area contributed by atoms with E-state index in [4.69, 9.17) is 4.74 Å². The van der Waals surface area contributed by atoms with Crippen LogP contribution in [0.15, 0.2) is 54.6 Å². The third-order valence-electron chi connectivity index (χ3n) is 3.87. The second-order valence-corrected chi connectivity index (χ2v) is 5.41. The van der Waals surface area contributed by atoms with E-state index in [1.54, 1.807) is 4.90 Å². The van der Waals surface area contributed by atoms with Crippen molar-refractivity contribution in [3.05, 3.63) is 65.7 Å². The number of carbonyl (C=O) groups is 1. The molecule has 2 aromatic carbocycles. The van der Waals surface area contributed by atoms with E-state index >= 15 is 0 Å². The maximum absolute atomic E-state index is 12.4. The van der Waals surface area contributed by atoms with Gasteiger partial charge in [0.2, 0.25) is 0 Å². The summed E-state index contributed by atoms with van der Waals surface area (Å²) in [5.74, 6) is 0. The normalized spacial score (nSPS) is 17.5. The lowest BCUT2D eigenvalue weighted by Gasteiger charge is -2.22. The van der Waals surface area contributed by atoms with Crippen molar-refractivity contribution in [3.8, 4) is 0 Å². The molecule has 0 fully saturated rings. The Bertz CT molecular complexity index is 642. The molecule has 0 spiro atoms. The average Bonchev–Trinajstić information content (AvgIpc) is 2.73. The maximum atomic E-state index is 12.4. The van der Waals surface area contributed by atoms with Crippen LogP contribution in [0, 0.1) is 0 Å². The minimum absolute atomic E-state index is 0.251. The molecule has 0 saturated carbocycles. The van der Waals surface area contributed by atoms with Gasteiger partial charge >= 0.3 is 6.09 Å². The summed E-state index contributed by atoms with van der Waals surface area (Å²) in [6, 6.07) is 17.1. The van der Waals surface area contributed by atoms with Gasteiger partial charge < -0.3 is 9.84 Å². The van der Waals surface area contributed by atoms with Crippen LogP contribution in [0.2, 0.25) is 0 Å². The fourth-order valence-electron chi connectivity index (χ4n) is 2.72. The summed E-state index contributed by atoms with van der Waals surface area (Å²) in [7, 11) is 0. The predicted octanol–water partition coefficient (Wildman–Crippen LogP) is 3.66. The summed E-state index contributed by atoms with van der Waals surface area (Å²) in [6.45, 7) is 0.808. The van der Waals surface area contributed by atoms with Crippen LogP contribution >= 0.6 is 0 Å². The summed E-state index contributed by atoms with van der Waals surface area (Å²) < 4.78 is 5.42. The zero-order chi connectivity index (χ0) is 15.4. The molecule has 3 rings (SSSR count). The predicted molar refractivity (Wildman–Crippen MR) is 84.6 cm³/mol. The van der Waals surface area contributed by atoms with Gasteiger partial charge in [-0.05, 0) is 24.5 Å². The topological polar surface area (TPSA) is 49.8 Å². The van der Waals surface area contributed by atoms with Gasteiger partial charge in [0, 0.05) is 12.1 Å². The Kier molecular flexibility index (Phi) is 4.39. The quantitative estimate of drug-likeness (QED) is 0.920. The molecule has 0 aliphatic carbocycles. The van der Waals surface area contributed by atoms with Crippen LogP contribution in [0.1, 0.15) is 30.1 Å². The van der Waals surface area contributed by atoms with Crippen molar-refractivity contribution in [2.75, 3.05) is 11.4 Å². The molecule has 4 nitrogen and oxygen atoms in total. The number of anilines is 1. The van der Waals surface area contributed by atoms with Crippen molar-refractivity contribution in [2.24, 2.45) is 0 Å². The third kappa shape index (κ3) is 3.12. The Hall–Kier alpha value is -2.33. The lowest BCUT2D eigenvalue weighted by Crippen LogP contribution is -2.32. The van der Waals surface area contributed by atoms with E-state index < -0.39 is 6.10 Å². The summed E-state index contributed by atoms with van der Waals surface area (Å²) in [5.41, 5.74) is 2.49. The first-order chi connectivity index (χ1) is 10.8. The van der Waals surface area contributed by atoms with Crippen molar-refractivity contribution in [1.29, 1.82) is 0 Å². The Balaban J connectivity index is 1.76. The molecule has 1 aliphatic heterocycles. The van der Waals surface area contributed by atoms with Crippen molar-refractivity contribution in [2.45, 2.75) is 25.6 Å². The van der Waals surface area contributed by atoms with Crippen LogP contribution in [-0.2, 0) is 11.3 Å². The monoisotopic (exact) mass is 297 g/mol. The van der Waals surface area contributed by atoms with Crippen LogP contribution < -0.4 is 4.90 Å². The number of rotatable bonds is 2. The molecule has 0 aromatic heterocycles. The lowest BCUT2D eigenvalue weighted by molar-refractivity contribution is 0.147. The molecule has 0 bridgehead atoms. The second kappa shape index (κ2) is 6.62. The molecule has 0 unspecified atom stereocenters. The molecule has 22 heavy (non-hydrogen) atoms. The minimum Gasteiger partial charge on any atom is -0.444 e. The minimum atomic E-state index is -0.525.